The molecule has 1 atom stereocenters. The predicted octanol–water partition coefficient (Wildman–Crippen LogP) is -0.321. The van der Waals surface area contributed by atoms with E-state index >= 15 is 0 Å². The highest BCUT2D eigenvalue weighted by Gasteiger charge is 2.31. The second kappa shape index (κ2) is 3.08. The van der Waals surface area contributed by atoms with Gasteiger partial charge >= 0.3 is 0 Å². The Labute approximate surface area is 76.1 Å². The average molecular weight is 183 g/mol. The molecule has 0 bridgehead atoms. The molecule has 1 aliphatic rings. The molecule has 72 valence electrons. The molecule has 5 N–H and O–H groups in total. The summed E-state index contributed by atoms with van der Waals surface area (Å²) in [6, 6.07) is -0.428. The van der Waals surface area contributed by atoms with Crippen molar-refractivity contribution in [1.82, 2.24) is 0 Å². The van der Waals surface area contributed by atoms with Crippen LogP contribution in [-0.2, 0) is 4.79 Å². The third kappa shape index (κ3) is 1.49. The van der Waals surface area contributed by atoms with Crippen LogP contribution in [0.3, 0.4) is 0 Å². The standard InChI is InChI=1S/C8H13N3O2/c1-3(2)5-6(12)4(8(10)13)7(9)11-5/h3,5,12H,1-2H3,(H2,9,11)(H2,10,13)/t5-/m0/s1. The first kappa shape index (κ1) is 9.57. The number of amidine groups is 1. The van der Waals surface area contributed by atoms with Gasteiger partial charge in [-0.05, 0) is 5.92 Å². The van der Waals surface area contributed by atoms with E-state index in [-0.39, 0.29) is 23.1 Å². The van der Waals surface area contributed by atoms with Crippen molar-refractivity contribution in [3.05, 3.63) is 11.3 Å². The van der Waals surface area contributed by atoms with Crippen molar-refractivity contribution in [2.45, 2.75) is 19.9 Å². The van der Waals surface area contributed by atoms with E-state index in [4.69, 9.17) is 11.5 Å². The van der Waals surface area contributed by atoms with Gasteiger partial charge in [0, 0.05) is 0 Å². The molecule has 1 aliphatic heterocycles. The number of aliphatic hydroxyl groups is 1. The molecule has 0 fully saturated rings. The monoisotopic (exact) mass is 183 g/mol. The zero-order valence-electron chi connectivity index (χ0n) is 7.61. The lowest BCUT2D eigenvalue weighted by molar-refractivity contribution is -0.114. The van der Waals surface area contributed by atoms with Gasteiger partial charge in [0.25, 0.3) is 5.91 Å². The summed E-state index contributed by atoms with van der Waals surface area (Å²) < 4.78 is 0. The average Bonchev–Trinajstić information content (AvgIpc) is 2.26. The fourth-order valence-electron chi connectivity index (χ4n) is 1.27. The topological polar surface area (TPSA) is 102 Å². The Morgan fingerprint density at radius 1 is 1.62 bits per heavy atom. The van der Waals surface area contributed by atoms with Crippen molar-refractivity contribution >= 4 is 11.7 Å². The van der Waals surface area contributed by atoms with Gasteiger partial charge in [-0.25, -0.2) is 0 Å². The van der Waals surface area contributed by atoms with Gasteiger partial charge in [0.1, 0.15) is 23.2 Å². The zero-order valence-corrected chi connectivity index (χ0v) is 7.61. The van der Waals surface area contributed by atoms with Crippen LogP contribution in [0.1, 0.15) is 13.8 Å². The van der Waals surface area contributed by atoms with Gasteiger partial charge in [-0.3, -0.25) is 9.79 Å². The molecule has 0 aromatic rings. The van der Waals surface area contributed by atoms with E-state index in [9.17, 15) is 9.90 Å². The van der Waals surface area contributed by atoms with E-state index < -0.39 is 11.9 Å². The summed E-state index contributed by atoms with van der Waals surface area (Å²) in [5.41, 5.74) is 10.4. The number of carbonyl (C=O) groups is 1. The molecule has 1 amide bonds. The smallest absolute Gasteiger partial charge is 0.255 e. The number of primary amides is 1. The molecule has 0 saturated heterocycles. The summed E-state index contributed by atoms with van der Waals surface area (Å²) in [7, 11) is 0. The molecule has 0 aliphatic carbocycles. The van der Waals surface area contributed by atoms with Crippen molar-refractivity contribution in [2.24, 2.45) is 22.4 Å². The summed E-state index contributed by atoms with van der Waals surface area (Å²) in [6.45, 7) is 3.75. The van der Waals surface area contributed by atoms with E-state index in [0.717, 1.165) is 0 Å². The van der Waals surface area contributed by atoms with Crippen LogP contribution in [0.2, 0.25) is 0 Å². The molecule has 0 unspecified atom stereocenters. The summed E-state index contributed by atoms with van der Waals surface area (Å²) in [5, 5.41) is 9.54. The molecule has 13 heavy (non-hydrogen) atoms. The van der Waals surface area contributed by atoms with Crippen LogP contribution in [0.5, 0.6) is 0 Å². The molecule has 0 spiro atoms. The van der Waals surface area contributed by atoms with E-state index in [1.54, 1.807) is 0 Å². The third-order valence-electron chi connectivity index (χ3n) is 1.95. The number of carbonyl (C=O) groups excluding carboxylic acids is 1. The maximum Gasteiger partial charge on any atom is 0.255 e. The summed E-state index contributed by atoms with van der Waals surface area (Å²) in [6.07, 6.45) is 0. The zero-order chi connectivity index (χ0) is 10.2. The van der Waals surface area contributed by atoms with Crippen molar-refractivity contribution in [3.63, 3.8) is 0 Å². The van der Waals surface area contributed by atoms with Crippen molar-refractivity contribution in [1.29, 1.82) is 0 Å². The largest absolute Gasteiger partial charge is 0.509 e. The fourth-order valence-corrected chi connectivity index (χ4v) is 1.27. The molecular weight excluding hydrogens is 170 g/mol. The minimum absolute atomic E-state index is 0.0312. The van der Waals surface area contributed by atoms with Crippen LogP contribution in [0.25, 0.3) is 0 Å². The van der Waals surface area contributed by atoms with Gasteiger partial charge in [-0.2, -0.15) is 0 Å². The second-order valence-electron chi connectivity index (χ2n) is 3.33. The summed E-state index contributed by atoms with van der Waals surface area (Å²) >= 11 is 0. The lowest BCUT2D eigenvalue weighted by Crippen LogP contribution is -2.25. The Kier molecular flexibility index (Phi) is 2.27. The van der Waals surface area contributed by atoms with Crippen LogP contribution in [0.4, 0.5) is 0 Å². The Bertz CT molecular complexity index is 305. The Morgan fingerprint density at radius 3 is 2.38 bits per heavy atom. The van der Waals surface area contributed by atoms with Crippen LogP contribution in [0.15, 0.2) is 16.3 Å². The SMILES string of the molecule is CC(C)[C@@H]1N=C(N)C(C(N)=O)=C1O. The minimum atomic E-state index is -0.734. The number of aliphatic hydroxyl groups excluding tert-OH is 1. The molecule has 1 rings (SSSR count). The van der Waals surface area contributed by atoms with Gasteiger partial charge in [-0.1, -0.05) is 13.8 Å². The summed E-state index contributed by atoms with van der Waals surface area (Å²) in [5.74, 6) is -0.721. The number of aliphatic imine (C=N–C) groups is 1. The van der Waals surface area contributed by atoms with Gasteiger partial charge in [0.2, 0.25) is 0 Å². The van der Waals surface area contributed by atoms with E-state index in [0.29, 0.717) is 0 Å². The number of amides is 1. The highest BCUT2D eigenvalue weighted by Crippen LogP contribution is 2.23. The minimum Gasteiger partial charge on any atom is -0.509 e. The van der Waals surface area contributed by atoms with E-state index in [1.807, 2.05) is 13.8 Å². The Hall–Kier alpha value is -1.52. The molecule has 5 nitrogen and oxygen atoms in total. The van der Waals surface area contributed by atoms with Crippen molar-refractivity contribution in [3.8, 4) is 0 Å². The maximum atomic E-state index is 10.8. The second-order valence-corrected chi connectivity index (χ2v) is 3.33. The Morgan fingerprint density at radius 2 is 2.15 bits per heavy atom. The number of hydrogen-bond acceptors (Lipinski definition) is 4. The first-order valence-corrected chi connectivity index (χ1v) is 4.01. The lowest BCUT2D eigenvalue weighted by Gasteiger charge is -2.10. The first-order valence-electron chi connectivity index (χ1n) is 4.01. The van der Waals surface area contributed by atoms with Gasteiger partial charge in [-0.15, -0.1) is 0 Å². The van der Waals surface area contributed by atoms with Crippen LogP contribution >= 0.6 is 0 Å². The molecule has 1 heterocycles. The molecule has 0 radical (unpaired) electrons. The highest BCUT2D eigenvalue weighted by atomic mass is 16.3. The van der Waals surface area contributed by atoms with Crippen LogP contribution < -0.4 is 11.5 Å². The third-order valence-corrected chi connectivity index (χ3v) is 1.95. The molecule has 0 aromatic carbocycles. The molecular formula is C8H13N3O2. The first-order chi connectivity index (χ1) is 5.95. The van der Waals surface area contributed by atoms with Crippen LogP contribution in [-0.4, -0.2) is 22.9 Å². The van der Waals surface area contributed by atoms with Gasteiger partial charge < -0.3 is 16.6 Å². The molecule has 5 heteroatoms. The Balaban J connectivity index is 3.08. The van der Waals surface area contributed by atoms with E-state index in [1.165, 1.54) is 0 Å². The highest BCUT2D eigenvalue weighted by molar-refractivity contribution is 6.21. The fraction of sp³-hybridized carbons (Fsp3) is 0.500. The van der Waals surface area contributed by atoms with Crippen LogP contribution in [0, 0.1) is 5.92 Å². The summed E-state index contributed by atoms with van der Waals surface area (Å²) in [4.78, 5) is 14.8. The number of nitrogens with zero attached hydrogens (tertiary/aromatic N) is 1. The normalized spacial score (nSPS) is 22.4. The molecule has 0 aromatic heterocycles. The quantitative estimate of drug-likeness (QED) is 0.546. The molecule has 0 saturated carbocycles. The van der Waals surface area contributed by atoms with Gasteiger partial charge in [0.15, 0.2) is 0 Å². The van der Waals surface area contributed by atoms with Crippen molar-refractivity contribution < 1.29 is 9.90 Å². The predicted molar refractivity (Wildman–Crippen MR) is 49.1 cm³/mol. The van der Waals surface area contributed by atoms with Crippen molar-refractivity contribution in [2.75, 3.05) is 0 Å². The number of rotatable bonds is 2. The van der Waals surface area contributed by atoms with Gasteiger partial charge in [0.05, 0.1) is 0 Å². The number of hydrogen-bond donors (Lipinski definition) is 3. The number of nitrogens with two attached hydrogens (primary N) is 2. The van der Waals surface area contributed by atoms with E-state index in [2.05, 4.69) is 4.99 Å². The maximum absolute atomic E-state index is 10.8. The lowest BCUT2D eigenvalue weighted by atomic mass is 10.0.